The summed E-state index contributed by atoms with van der Waals surface area (Å²) in [5.74, 6) is 1.87. The summed E-state index contributed by atoms with van der Waals surface area (Å²) in [5.41, 5.74) is 11.2. The highest BCUT2D eigenvalue weighted by Crippen LogP contribution is 2.57. The van der Waals surface area contributed by atoms with Crippen LogP contribution in [-0.2, 0) is 16.2 Å². The topological polar surface area (TPSA) is 140 Å². The lowest BCUT2D eigenvalue weighted by Gasteiger charge is -2.39. The third-order valence-corrected chi connectivity index (χ3v) is 13.2. The van der Waals surface area contributed by atoms with Crippen molar-refractivity contribution in [2.45, 2.75) is 71.6 Å². The maximum atomic E-state index is 10.7. The number of rotatable bonds is 10. The molecule has 0 atom stereocenters. The molecular weight excluding hydrogens is 893 g/mol. The predicted molar refractivity (Wildman–Crippen MR) is 295 cm³/mol. The van der Waals surface area contributed by atoms with Crippen LogP contribution in [0.4, 0.5) is 22.7 Å². The van der Waals surface area contributed by atoms with Gasteiger partial charge in [0.1, 0.15) is 34.5 Å². The van der Waals surface area contributed by atoms with Crippen molar-refractivity contribution in [3.8, 4) is 56.8 Å². The fourth-order valence-electron chi connectivity index (χ4n) is 8.70. The van der Waals surface area contributed by atoms with Crippen molar-refractivity contribution in [3.05, 3.63) is 202 Å². The van der Waals surface area contributed by atoms with E-state index in [1.165, 1.54) is 0 Å². The molecule has 360 valence electrons. The van der Waals surface area contributed by atoms with E-state index in [2.05, 4.69) is 79.7 Å². The first-order valence-corrected chi connectivity index (χ1v) is 24.0. The van der Waals surface area contributed by atoms with Gasteiger partial charge < -0.3 is 25.2 Å². The number of benzene rings is 8. The summed E-state index contributed by atoms with van der Waals surface area (Å²) >= 11 is 0. The first-order chi connectivity index (χ1) is 34.3. The second kappa shape index (κ2) is 19.3. The van der Waals surface area contributed by atoms with Crippen LogP contribution in [0.3, 0.4) is 0 Å². The van der Waals surface area contributed by atoms with E-state index in [1.807, 2.05) is 60.7 Å². The van der Waals surface area contributed by atoms with Gasteiger partial charge in [0.15, 0.2) is 0 Å². The van der Waals surface area contributed by atoms with E-state index >= 15 is 0 Å². The average Bonchev–Trinajstić information content (AvgIpc) is 3.34. The zero-order valence-corrected chi connectivity index (χ0v) is 41.8. The van der Waals surface area contributed by atoms with Crippen molar-refractivity contribution < 1.29 is 25.2 Å². The maximum Gasteiger partial charge on any atom is 0.139 e. The number of fused-ring (bicyclic) bond motifs is 2. The highest BCUT2D eigenvalue weighted by Gasteiger charge is 2.40. The van der Waals surface area contributed by atoms with E-state index in [9.17, 15) is 20.4 Å². The second-order valence-corrected chi connectivity index (χ2v) is 20.7. The minimum Gasteiger partial charge on any atom is -0.507 e. The Labute approximate surface area is 421 Å². The summed E-state index contributed by atoms with van der Waals surface area (Å²) in [6, 6.07) is 49.0. The molecule has 0 radical (unpaired) electrons. The molecule has 0 amide bonds. The minimum atomic E-state index is -0.559. The number of aliphatic imine (C=N–C) groups is 4. The first-order valence-electron chi connectivity index (χ1n) is 24.0. The molecule has 0 aliphatic carbocycles. The zero-order chi connectivity index (χ0) is 51.0. The molecule has 72 heavy (non-hydrogen) atoms. The van der Waals surface area contributed by atoms with Crippen molar-refractivity contribution in [2.75, 3.05) is 0 Å². The van der Waals surface area contributed by atoms with Crippen LogP contribution in [-0.4, -0.2) is 45.3 Å². The number of ether oxygens (including phenoxy) is 1. The largest absolute Gasteiger partial charge is 0.507 e. The molecule has 9 nitrogen and oxygen atoms in total. The van der Waals surface area contributed by atoms with Gasteiger partial charge in [0, 0.05) is 74.8 Å². The lowest BCUT2D eigenvalue weighted by atomic mass is 9.70. The van der Waals surface area contributed by atoms with Gasteiger partial charge in [-0.25, -0.2) is 0 Å². The van der Waals surface area contributed by atoms with E-state index in [4.69, 9.17) is 24.7 Å². The normalized spacial score (nSPS) is 13.5. The molecule has 0 saturated heterocycles. The Morgan fingerprint density at radius 3 is 1.00 bits per heavy atom. The summed E-state index contributed by atoms with van der Waals surface area (Å²) in [7, 11) is 0. The van der Waals surface area contributed by atoms with Crippen molar-refractivity contribution in [1.82, 2.24) is 0 Å². The Balaban J connectivity index is 1.24. The van der Waals surface area contributed by atoms with E-state index < -0.39 is 5.41 Å². The summed E-state index contributed by atoms with van der Waals surface area (Å²) in [6.45, 7) is 17.8. The standard InChI is InChI=1S/C63H58N4O5/c1-61(2,3)45-31-47(39-25-27-51(64-35-41-17-9-13-21-55(41)68)53(29-39)66-37-43-19-11-15-23-57(43)70)59-49(33-45)63(7,8)50-34-46(62(4,5)6)32-48(60(50)72-59)40-26-28-52(65-36-42-18-10-14-22-56(42)69)54(30-40)67-38-44-20-12-16-24-58(44)71/h9-38,68-71H,1-8H3. The molecule has 0 aromatic heterocycles. The van der Waals surface area contributed by atoms with Crippen molar-refractivity contribution in [1.29, 1.82) is 0 Å². The Hall–Kier alpha value is -8.56. The van der Waals surface area contributed by atoms with Gasteiger partial charge in [-0.05, 0) is 118 Å². The molecule has 1 aliphatic rings. The SMILES string of the molecule is CC(C)(C)c1cc(-c2ccc(N=Cc3ccccc3O)c(N=Cc3ccccc3O)c2)c2c(c1)C(C)(C)c1cc(C(C)(C)C)cc(-c3ccc(N=Cc4ccccc4O)c(N=Cc4ccccc4O)c3)c1O2. The van der Waals surface area contributed by atoms with E-state index in [1.54, 1.807) is 97.7 Å². The average molecular weight is 951 g/mol. The smallest absolute Gasteiger partial charge is 0.139 e. The number of hydrogen-bond donors (Lipinski definition) is 4. The van der Waals surface area contributed by atoms with Gasteiger partial charge in [-0.3, -0.25) is 20.0 Å². The molecule has 1 heterocycles. The van der Waals surface area contributed by atoms with Crippen LogP contribution in [0.5, 0.6) is 34.5 Å². The number of phenols is 4. The van der Waals surface area contributed by atoms with Gasteiger partial charge in [0.25, 0.3) is 0 Å². The fourth-order valence-corrected chi connectivity index (χ4v) is 8.70. The predicted octanol–water partition coefficient (Wildman–Crippen LogP) is 15.9. The van der Waals surface area contributed by atoms with E-state index in [0.717, 1.165) is 44.5 Å². The fraction of sp³-hybridized carbons (Fsp3) is 0.175. The van der Waals surface area contributed by atoms with Gasteiger partial charge in [0.05, 0.1) is 22.7 Å². The van der Waals surface area contributed by atoms with Crippen LogP contribution in [0.2, 0.25) is 0 Å². The molecular formula is C63H58N4O5. The van der Waals surface area contributed by atoms with Crippen LogP contribution in [0.25, 0.3) is 22.3 Å². The third kappa shape index (κ3) is 10.1. The molecule has 9 rings (SSSR count). The van der Waals surface area contributed by atoms with Crippen molar-refractivity contribution >= 4 is 47.6 Å². The van der Waals surface area contributed by atoms with Gasteiger partial charge in [-0.1, -0.05) is 128 Å². The molecule has 0 bridgehead atoms. The van der Waals surface area contributed by atoms with Gasteiger partial charge >= 0.3 is 0 Å². The molecule has 8 aromatic rings. The molecule has 4 N–H and O–H groups in total. The van der Waals surface area contributed by atoms with E-state index in [0.29, 0.717) is 56.5 Å². The molecule has 0 saturated carbocycles. The molecule has 0 unspecified atom stereocenters. The van der Waals surface area contributed by atoms with E-state index in [-0.39, 0.29) is 33.8 Å². The summed E-state index contributed by atoms with van der Waals surface area (Å²) < 4.78 is 7.43. The van der Waals surface area contributed by atoms with Crippen LogP contribution < -0.4 is 4.74 Å². The second-order valence-electron chi connectivity index (χ2n) is 20.7. The van der Waals surface area contributed by atoms with Crippen LogP contribution in [0, 0.1) is 0 Å². The van der Waals surface area contributed by atoms with Gasteiger partial charge in [-0.15, -0.1) is 0 Å². The molecule has 0 fully saturated rings. The lowest BCUT2D eigenvalue weighted by molar-refractivity contribution is 0.418. The number of aromatic hydroxyl groups is 4. The highest BCUT2D eigenvalue weighted by molar-refractivity contribution is 5.93. The number of para-hydroxylation sites is 4. The molecule has 1 aliphatic heterocycles. The van der Waals surface area contributed by atoms with Crippen LogP contribution >= 0.6 is 0 Å². The molecule has 0 spiro atoms. The third-order valence-electron chi connectivity index (χ3n) is 13.2. The van der Waals surface area contributed by atoms with Crippen molar-refractivity contribution in [3.63, 3.8) is 0 Å². The Bertz CT molecular complexity index is 3270. The Morgan fingerprint density at radius 1 is 0.389 bits per heavy atom. The maximum absolute atomic E-state index is 10.7. The summed E-state index contributed by atoms with van der Waals surface area (Å²) in [6.07, 6.45) is 6.51. The number of nitrogens with zero attached hydrogens (tertiary/aromatic N) is 4. The first kappa shape index (κ1) is 48.5. The lowest BCUT2D eigenvalue weighted by Crippen LogP contribution is -2.27. The minimum absolute atomic E-state index is 0.104. The summed E-state index contributed by atoms with van der Waals surface area (Å²) in [4.78, 5) is 19.5. The number of hydrogen-bond acceptors (Lipinski definition) is 9. The van der Waals surface area contributed by atoms with Crippen LogP contribution in [0.1, 0.15) is 99.9 Å². The zero-order valence-electron chi connectivity index (χ0n) is 41.8. The molecule has 8 aromatic carbocycles. The van der Waals surface area contributed by atoms with Crippen molar-refractivity contribution in [2.24, 2.45) is 20.0 Å². The van der Waals surface area contributed by atoms with Crippen LogP contribution in [0.15, 0.2) is 178 Å². The Morgan fingerprint density at radius 2 is 0.694 bits per heavy atom. The highest BCUT2D eigenvalue weighted by atomic mass is 16.5. The Kier molecular flexibility index (Phi) is 13.0. The summed E-state index contributed by atoms with van der Waals surface area (Å²) in [5, 5.41) is 42.6. The van der Waals surface area contributed by atoms with Gasteiger partial charge in [-0.2, -0.15) is 0 Å². The monoisotopic (exact) mass is 950 g/mol. The molecule has 9 heteroatoms. The quantitative estimate of drug-likeness (QED) is 0.101. The number of phenolic OH excluding ortho intramolecular Hbond substituents is 4. The van der Waals surface area contributed by atoms with Gasteiger partial charge in [0.2, 0.25) is 0 Å².